The third kappa shape index (κ3) is 4.21. The van der Waals surface area contributed by atoms with Crippen LogP contribution in [0, 0.1) is 0 Å². The SMILES string of the molecule is O=C(NC1CCC(c2ccccc2)CC1)c1ccccc1C(F)(F)F. The summed E-state index contributed by atoms with van der Waals surface area (Å²) in [5.74, 6) is -0.187. The van der Waals surface area contributed by atoms with Crippen LogP contribution in [0.2, 0.25) is 0 Å². The smallest absolute Gasteiger partial charge is 0.349 e. The van der Waals surface area contributed by atoms with E-state index in [0.29, 0.717) is 5.92 Å². The van der Waals surface area contributed by atoms with Crippen LogP contribution in [-0.2, 0) is 6.18 Å². The number of halogens is 3. The molecule has 5 heteroatoms. The summed E-state index contributed by atoms with van der Waals surface area (Å²) in [5.41, 5.74) is 0.0975. The Bertz CT molecular complexity index is 719. The van der Waals surface area contributed by atoms with E-state index in [1.807, 2.05) is 18.2 Å². The maximum atomic E-state index is 13.0. The van der Waals surface area contributed by atoms with Crippen LogP contribution < -0.4 is 5.32 Å². The van der Waals surface area contributed by atoms with E-state index in [1.54, 1.807) is 0 Å². The number of carbonyl (C=O) groups is 1. The van der Waals surface area contributed by atoms with Gasteiger partial charge in [0, 0.05) is 6.04 Å². The number of alkyl halides is 3. The lowest BCUT2D eigenvalue weighted by Gasteiger charge is -2.29. The average Bonchev–Trinajstić information content (AvgIpc) is 2.62. The van der Waals surface area contributed by atoms with Crippen molar-refractivity contribution >= 4 is 5.91 Å². The van der Waals surface area contributed by atoms with Gasteiger partial charge in [0.2, 0.25) is 0 Å². The third-order valence-corrected chi connectivity index (χ3v) is 4.81. The lowest BCUT2D eigenvalue weighted by Crippen LogP contribution is -2.38. The summed E-state index contributed by atoms with van der Waals surface area (Å²) in [6, 6.07) is 15.1. The summed E-state index contributed by atoms with van der Waals surface area (Å²) in [7, 11) is 0. The Morgan fingerprint density at radius 3 is 2.12 bits per heavy atom. The summed E-state index contributed by atoms with van der Waals surface area (Å²) >= 11 is 0. The molecule has 0 bridgehead atoms. The zero-order valence-electron chi connectivity index (χ0n) is 13.7. The fourth-order valence-electron chi connectivity index (χ4n) is 3.49. The zero-order chi connectivity index (χ0) is 17.9. The lowest BCUT2D eigenvalue weighted by atomic mass is 9.81. The van der Waals surface area contributed by atoms with Gasteiger partial charge in [-0.3, -0.25) is 4.79 Å². The van der Waals surface area contributed by atoms with Gasteiger partial charge < -0.3 is 5.32 Å². The predicted octanol–water partition coefficient (Wildman–Crippen LogP) is 5.16. The van der Waals surface area contributed by atoms with Gasteiger partial charge in [0.25, 0.3) is 5.91 Å². The second-order valence-electron chi connectivity index (χ2n) is 6.48. The molecule has 0 atom stereocenters. The molecule has 1 amide bonds. The molecule has 1 aliphatic carbocycles. The molecule has 0 aliphatic heterocycles. The van der Waals surface area contributed by atoms with Crippen LogP contribution in [0.1, 0.15) is 53.1 Å². The molecule has 0 heterocycles. The van der Waals surface area contributed by atoms with E-state index in [1.165, 1.54) is 23.8 Å². The molecule has 2 nitrogen and oxygen atoms in total. The highest BCUT2D eigenvalue weighted by Crippen LogP contribution is 2.34. The summed E-state index contributed by atoms with van der Waals surface area (Å²) in [6.07, 6.45) is -1.12. The number of nitrogens with one attached hydrogen (secondary N) is 1. The number of rotatable bonds is 3. The summed E-state index contributed by atoms with van der Waals surface area (Å²) in [6.45, 7) is 0. The zero-order valence-corrected chi connectivity index (χ0v) is 13.7. The molecule has 1 saturated carbocycles. The first-order valence-corrected chi connectivity index (χ1v) is 8.47. The summed E-state index contributed by atoms with van der Waals surface area (Å²) in [5, 5.41) is 2.78. The van der Waals surface area contributed by atoms with Crippen molar-refractivity contribution in [3.05, 3.63) is 71.3 Å². The van der Waals surface area contributed by atoms with Gasteiger partial charge >= 0.3 is 6.18 Å². The third-order valence-electron chi connectivity index (χ3n) is 4.81. The Labute approximate surface area is 145 Å². The van der Waals surface area contributed by atoms with Crippen LogP contribution in [0.25, 0.3) is 0 Å². The first-order chi connectivity index (χ1) is 11.9. The van der Waals surface area contributed by atoms with E-state index in [4.69, 9.17) is 0 Å². The van der Waals surface area contributed by atoms with Gasteiger partial charge in [0.1, 0.15) is 0 Å². The second kappa shape index (κ2) is 7.30. The molecule has 3 rings (SSSR count). The molecular weight excluding hydrogens is 327 g/mol. The quantitative estimate of drug-likeness (QED) is 0.816. The Morgan fingerprint density at radius 2 is 1.48 bits per heavy atom. The minimum Gasteiger partial charge on any atom is -0.349 e. The number of hydrogen-bond acceptors (Lipinski definition) is 1. The van der Waals surface area contributed by atoms with Crippen LogP contribution in [-0.4, -0.2) is 11.9 Å². The first kappa shape index (κ1) is 17.5. The Morgan fingerprint density at radius 1 is 0.880 bits per heavy atom. The minimum absolute atomic E-state index is 0.0752. The predicted molar refractivity (Wildman–Crippen MR) is 90.3 cm³/mol. The van der Waals surface area contributed by atoms with E-state index in [-0.39, 0.29) is 11.6 Å². The van der Waals surface area contributed by atoms with Gasteiger partial charge in [-0.2, -0.15) is 13.2 Å². The maximum absolute atomic E-state index is 13.0. The molecular formula is C20H20F3NO. The van der Waals surface area contributed by atoms with Gasteiger partial charge in [-0.05, 0) is 49.3 Å². The standard InChI is InChI=1S/C20H20F3NO/c21-20(22,23)18-9-5-4-8-17(18)19(25)24-16-12-10-15(11-13-16)14-6-2-1-3-7-14/h1-9,15-16H,10-13H2,(H,24,25). The van der Waals surface area contributed by atoms with Gasteiger partial charge in [0.15, 0.2) is 0 Å². The Balaban J connectivity index is 1.62. The normalized spacial score (nSPS) is 20.9. The Kier molecular flexibility index (Phi) is 5.11. The van der Waals surface area contributed by atoms with Crippen molar-refractivity contribution in [2.75, 3.05) is 0 Å². The van der Waals surface area contributed by atoms with Crippen molar-refractivity contribution in [1.29, 1.82) is 0 Å². The van der Waals surface area contributed by atoms with Crippen LogP contribution in [0.4, 0.5) is 13.2 Å². The summed E-state index contributed by atoms with van der Waals surface area (Å²) < 4.78 is 39.1. The van der Waals surface area contributed by atoms with E-state index < -0.39 is 17.6 Å². The van der Waals surface area contributed by atoms with Crippen molar-refractivity contribution in [3.8, 4) is 0 Å². The number of hydrogen-bond donors (Lipinski definition) is 1. The molecule has 25 heavy (non-hydrogen) atoms. The van der Waals surface area contributed by atoms with Crippen LogP contribution in [0.5, 0.6) is 0 Å². The van der Waals surface area contributed by atoms with Crippen molar-refractivity contribution in [2.45, 2.75) is 43.8 Å². The highest BCUT2D eigenvalue weighted by Gasteiger charge is 2.35. The van der Waals surface area contributed by atoms with E-state index in [0.717, 1.165) is 31.7 Å². The largest absolute Gasteiger partial charge is 0.417 e. The molecule has 132 valence electrons. The molecule has 1 N–H and O–H groups in total. The van der Waals surface area contributed by atoms with Crippen molar-refractivity contribution in [2.24, 2.45) is 0 Å². The molecule has 1 aliphatic rings. The van der Waals surface area contributed by atoms with Crippen molar-refractivity contribution in [1.82, 2.24) is 5.32 Å². The molecule has 0 spiro atoms. The van der Waals surface area contributed by atoms with Crippen LogP contribution in [0.3, 0.4) is 0 Å². The molecule has 0 radical (unpaired) electrons. The maximum Gasteiger partial charge on any atom is 0.417 e. The molecule has 1 fully saturated rings. The van der Waals surface area contributed by atoms with Gasteiger partial charge in [0.05, 0.1) is 11.1 Å². The van der Waals surface area contributed by atoms with Gasteiger partial charge in [-0.25, -0.2) is 0 Å². The number of carbonyl (C=O) groups excluding carboxylic acids is 1. The molecule has 0 saturated heterocycles. The van der Waals surface area contributed by atoms with Crippen LogP contribution >= 0.6 is 0 Å². The van der Waals surface area contributed by atoms with Gasteiger partial charge in [-0.1, -0.05) is 42.5 Å². The van der Waals surface area contributed by atoms with Crippen molar-refractivity contribution in [3.63, 3.8) is 0 Å². The second-order valence-corrected chi connectivity index (χ2v) is 6.48. The number of amides is 1. The first-order valence-electron chi connectivity index (χ1n) is 8.47. The fourth-order valence-corrected chi connectivity index (χ4v) is 3.49. The fraction of sp³-hybridized carbons (Fsp3) is 0.350. The topological polar surface area (TPSA) is 29.1 Å². The summed E-state index contributed by atoms with van der Waals surface area (Å²) in [4.78, 5) is 12.3. The van der Waals surface area contributed by atoms with Crippen LogP contribution in [0.15, 0.2) is 54.6 Å². The molecule has 0 unspecified atom stereocenters. The highest BCUT2D eigenvalue weighted by molar-refractivity contribution is 5.96. The monoisotopic (exact) mass is 347 g/mol. The molecule has 2 aromatic rings. The highest BCUT2D eigenvalue weighted by atomic mass is 19.4. The van der Waals surface area contributed by atoms with E-state index in [2.05, 4.69) is 17.4 Å². The Hall–Kier alpha value is -2.30. The van der Waals surface area contributed by atoms with E-state index >= 15 is 0 Å². The van der Waals surface area contributed by atoms with E-state index in [9.17, 15) is 18.0 Å². The average molecular weight is 347 g/mol. The lowest BCUT2D eigenvalue weighted by molar-refractivity contribution is -0.137. The molecule has 2 aromatic carbocycles. The molecule has 0 aromatic heterocycles. The number of benzene rings is 2. The van der Waals surface area contributed by atoms with Gasteiger partial charge in [-0.15, -0.1) is 0 Å². The minimum atomic E-state index is -4.53. The van der Waals surface area contributed by atoms with Crippen molar-refractivity contribution < 1.29 is 18.0 Å².